The number of pyridine rings is 1. The van der Waals surface area contributed by atoms with Crippen molar-refractivity contribution >= 4 is 28.8 Å². The smallest absolute Gasteiger partial charge is 0.397 e. The molecule has 9 heteroatoms. The number of hydrogen-bond acceptors (Lipinski definition) is 6. The van der Waals surface area contributed by atoms with Gasteiger partial charge in [-0.3, -0.25) is 4.98 Å². The van der Waals surface area contributed by atoms with E-state index in [9.17, 15) is 13.2 Å². The second kappa shape index (κ2) is 4.49. The van der Waals surface area contributed by atoms with Crippen LogP contribution in [-0.4, -0.2) is 15.2 Å². The van der Waals surface area contributed by atoms with Crippen LogP contribution in [0.3, 0.4) is 0 Å². The first-order valence-corrected chi connectivity index (χ1v) is 5.88. The second-order valence-electron chi connectivity index (χ2n) is 2.89. The van der Waals surface area contributed by atoms with Gasteiger partial charge in [-0.05, 0) is 6.07 Å². The number of nitrogens with two attached hydrogens (primary N) is 1. The quantitative estimate of drug-likeness (QED) is 0.915. The highest BCUT2D eigenvalue weighted by Gasteiger charge is 2.35. The van der Waals surface area contributed by atoms with E-state index < -0.39 is 11.2 Å². The van der Waals surface area contributed by atoms with Gasteiger partial charge in [0.15, 0.2) is 4.34 Å². The lowest BCUT2D eigenvalue weighted by Gasteiger charge is -2.00. The highest BCUT2D eigenvalue weighted by Crippen LogP contribution is 2.38. The summed E-state index contributed by atoms with van der Waals surface area (Å²) in [4.78, 5) is 4.38. The molecule has 0 radical (unpaired) electrons. The lowest BCUT2D eigenvalue weighted by molar-refractivity contribution is -0.138. The Kier molecular flexibility index (Phi) is 3.20. The maximum Gasteiger partial charge on any atom is 0.445 e. The predicted molar refractivity (Wildman–Crippen MR) is 57.7 cm³/mol. The molecule has 2 N–H and O–H groups in total. The monoisotopic (exact) mass is 278 g/mol. The van der Waals surface area contributed by atoms with Crippen molar-refractivity contribution in [1.82, 2.24) is 15.2 Å². The van der Waals surface area contributed by atoms with Crippen molar-refractivity contribution in [2.45, 2.75) is 15.4 Å². The van der Waals surface area contributed by atoms with Gasteiger partial charge in [-0.15, -0.1) is 10.2 Å². The lowest BCUT2D eigenvalue weighted by Crippen LogP contribution is -2.03. The molecule has 0 saturated heterocycles. The topological polar surface area (TPSA) is 64.7 Å². The Bertz CT molecular complexity index is 525. The zero-order valence-corrected chi connectivity index (χ0v) is 9.73. The summed E-state index contributed by atoms with van der Waals surface area (Å²) >= 11 is 1.51. The van der Waals surface area contributed by atoms with Crippen LogP contribution in [0.5, 0.6) is 0 Å². The Morgan fingerprint density at radius 3 is 2.65 bits per heavy atom. The van der Waals surface area contributed by atoms with Gasteiger partial charge in [-0.2, -0.15) is 13.2 Å². The van der Waals surface area contributed by atoms with E-state index in [1.54, 1.807) is 6.07 Å². The minimum absolute atomic E-state index is 0.190. The number of halogens is 3. The highest BCUT2D eigenvalue weighted by molar-refractivity contribution is 8.01. The van der Waals surface area contributed by atoms with Gasteiger partial charge in [0.1, 0.15) is 0 Å². The van der Waals surface area contributed by atoms with Crippen LogP contribution in [0.15, 0.2) is 27.7 Å². The zero-order valence-electron chi connectivity index (χ0n) is 8.10. The van der Waals surface area contributed by atoms with Crippen LogP contribution in [0, 0.1) is 0 Å². The highest BCUT2D eigenvalue weighted by atomic mass is 32.2. The Hall–Kier alpha value is -1.35. The van der Waals surface area contributed by atoms with E-state index in [2.05, 4.69) is 15.2 Å². The van der Waals surface area contributed by atoms with Crippen LogP contribution in [0.4, 0.5) is 18.9 Å². The molecule has 0 unspecified atom stereocenters. The van der Waals surface area contributed by atoms with Gasteiger partial charge in [-0.1, -0.05) is 23.1 Å². The van der Waals surface area contributed by atoms with Crippen LogP contribution >= 0.6 is 23.1 Å². The van der Waals surface area contributed by atoms with E-state index in [-0.39, 0.29) is 4.34 Å². The minimum atomic E-state index is -4.46. The number of aromatic nitrogens is 3. The molecule has 0 aromatic carbocycles. The summed E-state index contributed by atoms with van der Waals surface area (Å²) in [5, 5.41) is 5.57. The molecule has 0 fully saturated rings. The van der Waals surface area contributed by atoms with Gasteiger partial charge in [0, 0.05) is 11.1 Å². The standard InChI is InChI=1S/C8H5F3N4S2/c9-8(10,11)6-14-15-7(17-6)16-5-1-2-13-3-4(5)12/h1-3H,12H2. The molecule has 2 rings (SSSR count). The first kappa shape index (κ1) is 12.1. The van der Waals surface area contributed by atoms with Crippen molar-refractivity contribution in [2.24, 2.45) is 0 Å². The van der Waals surface area contributed by atoms with Crippen molar-refractivity contribution in [3.05, 3.63) is 23.5 Å². The molecule has 4 nitrogen and oxygen atoms in total. The molecule has 0 saturated carbocycles. The third-order valence-corrected chi connectivity index (χ3v) is 3.77. The Balaban J connectivity index is 2.21. The second-order valence-corrected chi connectivity index (χ2v) is 5.15. The molecule has 17 heavy (non-hydrogen) atoms. The predicted octanol–water partition coefficient (Wildman–Crippen LogP) is 2.69. The summed E-state index contributed by atoms with van der Waals surface area (Å²) < 4.78 is 37.0. The van der Waals surface area contributed by atoms with E-state index in [1.807, 2.05) is 0 Å². The maximum absolute atomic E-state index is 12.3. The van der Waals surface area contributed by atoms with E-state index in [4.69, 9.17) is 5.73 Å². The number of hydrogen-bond donors (Lipinski definition) is 1. The normalized spacial score (nSPS) is 11.7. The molecule has 0 spiro atoms. The summed E-state index contributed by atoms with van der Waals surface area (Å²) in [6.45, 7) is 0. The first-order valence-electron chi connectivity index (χ1n) is 4.25. The van der Waals surface area contributed by atoms with Gasteiger partial charge >= 0.3 is 6.18 Å². The van der Waals surface area contributed by atoms with Crippen molar-refractivity contribution in [1.29, 1.82) is 0 Å². The van der Waals surface area contributed by atoms with E-state index in [1.165, 1.54) is 12.4 Å². The van der Waals surface area contributed by atoms with Crippen molar-refractivity contribution in [2.75, 3.05) is 5.73 Å². The molecule has 2 aromatic heterocycles. The van der Waals surface area contributed by atoms with Crippen LogP contribution in [0.25, 0.3) is 0 Å². The molecule has 0 aliphatic heterocycles. The van der Waals surface area contributed by atoms with E-state index in [0.29, 0.717) is 21.9 Å². The molecule has 0 bridgehead atoms. The van der Waals surface area contributed by atoms with Gasteiger partial charge in [-0.25, -0.2) is 0 Å². The summed E-state index contributed by atoms with van der Waals surface area (Å²) in [6, 6.07) is 1.61. The summed E-state index contributed by atoms with van der Waals surface area (Å²) in [7, 11) is 0. The van der Waals surface area contributed by atoms with Crippen LogP contribution in [0.2, 0.25) is 0 Å². The van der Waals surface area contributed by atoms with Crippen molar-refractivity contribution < 1.29 is 13.2 Å². The van der Waals surface area contributed by atoms with Crippen LogP contribution < -0.4 is 5.73 Å². The number of rotatable bonds is 2. The van der Waals surface area contributed by atoms with E-state index >= 15 is 0 Å². The lowest BCUT2D eigenvalue weighted by atomic mass is 10.4. The SMILES string of the molecule is Nc1cnccc1Sc1nnc(C(F)(F)F)s1. The molecular weight excluding hydrogens is 273 g/mol. The largest absolute Gasteiger partial charge is 0.445 e. The Morgan fingerprint density at radius 1 is 1.29 bits per heavy atom. The molecular formula is C8H5F3N4S2. The van der Waals surface area contributed by atoms with Gasteiger partial charge < -0.3 is 5.73 Å². The summed E-state index contributed by atoms with van der Waals surface area (Å²) in [5.74, 6) is 0. The van der Waals surface area contributed by atoms with Crippen LogP contribution in [-0.2, 0) is 6.18 Å². The summed E-state index contributed by atoms with van der Waals surface area (Å²) in [5.41, 5.74) is 6.00. The van der Waals surface area contributed by atoms with Gasteiger partial charge in [0.05, 0.1) is 11.9 Å². The molecule has 90 valence electrons. The third kappa shape index (κ3) is 2.86. The average Bonchev–Trinajstić information content (AvgIpc) is 2.69. The van der Waals surface area contributed by atoms with E-state index in [0.717, 1.165) is 11.8 Å². The van der Waals surface area contributed by atoms with Crippen LogP contribution in [0.1, 0.15) is 5.01 Å². The molecule has 0 atom stereocenters. The summed E-state index contributed by atoms with van der Waals surface area (Å²) in [6.07, 6.45) is -1.53. The molecule has 0 aliphatic carbocycles. The number of anilines is 1. The Morgan fingerprint density at radius 2 is 2.06 bits per heavy atom. The number of nitrogens with zero attached hydrogens (tertiary/aromatic N) is 3. The first-order chi connectivity index (χ1) is 7.97. The van der Waals surface area contributed by atoms with Crippen molar-refractivity contribution in [3.8, 4) is 0 Å². The maximum atomic E-state index is 12.3. The fourth-order valence-corrected chi connectivity index (χ4v) is 2.63. The molecule has 2 aromatic rings. The van der Waals surface area contributed by atoms with Crippen molar-refractivity contribution in [3.63, 3.8) is 0 Å². The molecule has 2 heterocycles. The fourth-order valence-electron chi connectivity index (χ4n) is 0.946. The Labute approximate surface area is 102 Å². The number of alkyl halides is 3. The van der Waals surface area contributed by atoms with Gasteiger partial charge in [0.25, 0.3) is 0 Å². The average molecular weight is 278 g/mol. The molecule has 0 amide bonds. The molecule has 0 aliphatic rings. The zero-order chi connectivity index (χ0) is 12.5. The third-order valence-electron chi connectivity index (χ3n) is 1.66. The number of nitrogen functional groups attached to an aromatic ring is 1. The minimum Gasteiger partial charge on any atom is -0.397 e. The van der Waals surface area contributed by atoms with Gasteiger partial charge in [0.2, 0.25) is 5.01 Å². The fraction of sp³-hybridized carbons (Fsp3) is 0.125.